The van der Waals surface area contributed by atoms with Crippen molar-refractivity contribution in [3.63, 3.8) is 0 Å². The maximum atomic E-state index is 13.8. The number of nitrogens with one attached hydrogen (secondary N) is 1. The molecule has 0 saturated carbocycles. The van der Waals surface area contributed by atoms with Crippen molar-refractivity contribution in [2.75, 3.05) is 0 Å². The molecule has 0 aliphatic rings. The lowest BCUT2D eigenvalue weighted by Gasteiger charge is -2.01. The van der Waals surface area contributed by atoms with E-state index < -0.39 is 0 Å². The Morgan fingerprint density at radius 1 is 1.15 bits per heavy atom. The first-order valence-corrected chi connectivity index (χ1v) is 6.56. The van der Waals surface area contributed by atoms with Gasteiger partial charge in [-0.3, -0.25) is 4.79 Å². The van der Waals surface area contributed by atoms with Gasteiger partial charge >= 0.3 is 0 Å². The Kier molecular flexibility index (Phi) is 3.28. The minimum absolute atomic E-state index is 0.122. The third-order valence-electron chi connectivity index (χ3n) is 3.23. The van der Waals surface area contributed by atoms with Gasteiger partial charge in [0.25, 0.3) is 0 Å². The number of H-pyrrole nitrogens is 1. The molecule has 20 heavy (non-hydrogen) atoms. The summed E-state index contributed by atoms with van der Waals surface area (Å²) in [6.07, 6.45) is 1.78. The van der Waals surface area contributed by atoms with Gasteiger partial charge in [0.1, 0.15) is 5.82 Å². The predicted molar refractivity (Wildman–Crippen MR) is 77.7 cm³/mol. The number of carbonyl (C=O) groups is 1. The lowest BCUT2D eigenvalue weighted by molar-refractivity contribution is 0.0994. The monoisotopic (exact) mass is 287 g/mol. The SMILES string of the molecule is O=C(Cc1ccc(Cl)cc1)c1c[nH]c2cccc(F)c12. The molecule has 100 valence electrons. The van der Waals surface area contributed by atoms with Gasteiger partial charge in [-0.1, -0.05) is 29.8 Å². The van der Waals surface area contributed by atoms with Crippen molar-refractivity contribution in [2.24, 2.45) is 0 Å². The van der Waals surface area contributed by atoms with Crippen LogP contribution in [-0.2, 0) is 6.42 Å². The number of Topliss-reactive ketones (excluding diaryl/α,β-unsaturated/α-hetero) is 1. The molecule has 0 unspecified atom stereocenters. The molecule has 2 nitrogen and oxygen atoms in total. The molecule has 0 aliphatic heterocycles. The van der Waals surface area contributed by atoms with Crippen LogP contribution in [0.1, 0.15) is 15.9 Å². The molecule has 3 aromatic rings. The number of hydrogen-bond donors (Lipinski definition) is 1. The molecule has 0 fully saturated rings. The van der Waals surface area contributed by atoms with E-state index in [4.69, 9.17) is 11.6 Å². The molecule has 3 rings (SSSR count). The summed E-state index contributed by atoms with van der Waals surface area (Å²) < 4.78 is 13.8. The first kappa shape index (κ1) is 12.9. The topological polar surface area (TPSA) is 32.9 Å². The fourth-order valence-electron chi connectivity index (χ4n) is 2.24. The summed E-state index contributed by atoms with van der Waals surface area (Å²) in [4.78, 5) is 15.2. The lowest BCUT2D eigenvalue weighted by atomic mass is 10.0. The summed E-state index contributed by atoms with van der Waals surface area (Å²) in [6.45, 7) is 0. The van der Waals surface area contributed by atoms with Crippen LogP contribution in [-0.4, -0.2) is 10.8 Å². The standard InChI is InChI=1S/C16H11ClFNO/c17-11-6-4-10(5-7-11)8-15(20)12-9-19-14-3-1-2-13(18)16(12)14/h1-7,9,19H,8H2. The quantitative estimate of drug-likeness (QED) is 0.712. The first-order chi connectivity index (χ1) is 9.65. The highest BCUT2D eigenvalue weighted by Crippen LogP contribution is 2.23. The molecule has 1 aromatic heterocycles. The number of rotatable bonds is 3. The lowest BCUT2D eigenvalue weighted by Crippen LogP contribution is -2.03. The fraction of sp³-hybridized carbons (Fsp3) is 0.0625. The third-order valence-corrected chi connectivity index (χ3v) is 3.49. The Bertz CT molecular complexity index is 777. The Morgan fingerprint density at radius 3 is 2.65 bits per heavy atom. The van der Waals surface area contributed by atoms with E-state index in [2.05, 4.69) is 4.98 Å². The van der Waals surface area contributed by atoms with Crippen molar-refractivity contribution in [2.45, 2.75) is 6.42 Å². The van der Waals surface area contributed by atoms with Crippen molar-refractivity contribution in [3.05, 3.63) is 70.6 Å². The van der Waals surface area contributed by atoms with E-state index in [-0.39, 0.29) is 18.0 Å². The molecule has 0 aliphatic carbocycles. The maximum absolute atomic E-state index is 13.8. The number of fused-ring (bicyclic) bond motifs is 1. The van der Waals surface area contributed by atoms with Crippen LogP contribution in [0.15, 0.2) is 48.7 Å². The summed E-state index contributed by atoms with van der Waals surface area (Å²) in [5.74, 6) is -0.508. The Balaban J connectivity index is 1.95. The summed E-state index contributed by atoms with van der Waals surface area (Å²) >= 11 is 5.81. The average Bonchev–Trinajstić information content (AvgIpc) is 2.87. The molecule has 1 heterocycles. The van der Waals surface area contributed by atoms with Crippen molar-refractivity contribution in [1.82, 2.24) is 4.98 Å². The number of ketones is 1. The van der Waals surface area contributed by atoms with Gasteiger partial charge in [-0.15, -0.1) is 0 Å². The van der Waals surface area contributed by atoms with Crippen LogP contribution in [0.5, 0.6) is 0 Å². The van der Waals surface area contributed by atoms with Crippen LogP contribution >= 0.6 is 11.6 Å². The van der Waals surface area contributed by atoms with Gasteiger partial charge in [0.15, 0.2) is 5.78 Å². The number of hydrogen-bond acceptors (Lipinski definition) is 1. The number of halogens is 2. The van der Waals surface area contributed by atoms with Crippen molar-refractivity contribution in [1.29, 1.82) is 0 Å². The molecule has 4 heteroatoms. The number of aromatic nitrogens is 1. The second-order valence-electron chi connectivity index (χ2n) is 4.59. The van der Waals surface area contributed by atoms with E-state index in [1.165, 1.54) is 6.07 Å². The highest BCUT2D eigenvalue weighted by Gasteiger charge is 2.15. The first-order valence-electron chi connectivity index (χ1n) is 6.18. The molecule has 0 atom stereocenters. The van der Waals surface area contributed by atoms with Crippen molar-refractivity contribution in [3.8, 4) is 0 Å². The smallest absolute Gasteiger partial charge is 0.169 e. The van der Waals surface area contributed by atoms with Gasteiger partial charge < -0.3 is 4.98 Å². The zero-order chi connectivity index (χ0) is 14.1. The highest BCUT2D eigenvalue weighted by molar-refractivity contribution is 6.30. The van der Waals surface area contributed by atoms with Crippen LogP contribution < -0.4 is 0 Å². The summed E-state index contributed by atoms with van der Waals surface area (Å²) in [7, 11) is 0. The van der Waals surface area contributed by atoms with Crippen molar-refractivity contribution < 1.29 is 9.18 Å². The maximum Gasteiger partial charge on any atom is 0.169 e. The van der Waals surface area contributed by atoms with Gasteiger partial charge in [0.05, 0.1) is 0 Å². The largest absolute Gasteiger partial charge is 0.360 e. The van der Waals surface area contributed by atoms with E-state index in [9.17, 15) is 9.18 Å². The van der Waals surface area contributed by atoms with Crippen LogP contribution in [0.3, 0.4) is 0 Å². The summed E-state index contributed by atoms with van der Waals surface area (Å²) in [5, 5.41) is 0.978. The minimum Gasteiger partial charge on any atom is -0.360 e. The van der Waals surface area contributed by atoms with Crippen LogP contribution in [0.25, 0.3) is 10.9 Å². The van der Waals surface area contributed by atoms with Gasteiger partial charge in [0.2, 0.25) is 0 Å². The zero-order valence-corrected chi connectivity index (χ0v) is 11.2. The number of aromatic amines is 1. The van der Waals surface area contributed by atoms with Gasteiger partial charge in [0, 0.05) is 34.1 Å². The second kappa shape index (κ2) is 5.10. The van der Waals surface area contributed by atoms with E-state index in [1.54, 1.807) is 42.6 Å². The molecule has 2 aromatic carbocycles. The summed E-state index contributed by atoms with van der Waals surface area (Å²) in [5.41, 5.74) is 1.86. The van der Waals surface area contributed by atoms with E-state index in [0.717, 1.165) is 5.56 Å². The minimum atomic E-state index is -0.386. The van der Waals surface area contributed by atoms with Gasteiger partial charge in [-0.25, -0.2) is 4.39 Å². The second-order valence-corrected chi connectivity index (χ2v) is 5.03. The van der Waals surface area contributed by atoms with E-state index in [0.29, 0.717) is 21.5 Å². The summed E-state index contributed by atoms with van der Waals surface area (Å²) in [6, 6.07) is 11.8. The molecule has 0 saturated heterocycles. The van der Waals surface area contributed by atoms with Gasteiger partial charge in [-0.05, 0) is 29.8 Å². The van der Waals surface area contributed by atoms with Crippen LogP contribution in [0, 0.1) is 5.82 Å². The molecule has 0 bridgehead atoms. The van der Waals surface area contributed by atoms with Crippen LogP contribution in [0.4, 0.5) is 4.39 Å². The molecular formula is C16H11ClFNO. The van der Waals surface area contributed by atoms with Crippen molar-refractivity contribution >= 4 is 28.3 Å². The fourth-order valence-corrected chi connectivity index (χ4v) is 2.37. The Hall–Kier alpha value is -2.13. The molecular weight excluding hydrogens is 277 g/mol. The molecule has 0 radical (unpaired) electrons. The highest BCUT2D eigenvalue weighted by atomic mass is 35.5. The normalized spacial score (nSPS) is 10.9. The third kappa shape index (κ3) is 2.32. The predicted octanol–water partition coefficient (Wildman–Crippen LogP) is 4.39. The number of benzene rings is 2. The molecule has 1 N–H and O–H groups in total. The zero-order valence-electron chi connectivity index (χ0n) is 10.5. The van der Waals surface area contributed by atoms with Gasteiger partial charge in [-0.2, -0.15) is 0 Å². The molecule has 0 spiro atoms. The Labute approximate surface area is 120 Å². The van der Waals surface area contributed by atoms with E-state index >= 15 is 0 Å². The number of carbonyl (C=O) groups excluding carboxylic acids is 1. The molecule has 0 amide bonds. The average molecular weight is 288 g/mol. The Morgan fingerprint density at radius 2 is 1.90 bits per heavy atom. The van der Waals surface area contributed by atoms with Crippen LogP contribution in [0.2, 0.25) is 5.02 Å². The van der Waals surface area contributed by atoms with E-state index in [1.807, 2.05) is 0 Å².